The molecule has 0 heterocycles. The van der Waals surface area contributed by atoms with Gasteiger partial charge in [-0.05, 0) is 44.4 Å². The van der Waals surface area contributed by atoms with Gasteiger partial charge in [-0.1, -0.05) is 12.2 Å². The van der Waals surface area contributed by atoms with Crippen molar-refractivity contribution in [2.75, 3.05) is 5.32 Å². The second-order valence-corrected chi connectivity index (χ2v) is 5.60. The number of benzene rings is 1. The van der Waals surface area contributed by atoms with Crippen LogP contribution < -0.4 is 11.1 Å². The Labute approximate surface area is 115 Å². The first-order chi connectivity index (χ1) is 8.71. The Morgan fingerprint density at radius 1 is 1.37 bits per heavy atom. The summed E-state index contributed by atoms with van der Waals surface area (Å²) in [5, 5.41) is 3.25. The van der Waals surface area contributed by atoms with E-state index >= 15 is 0 Å². The molecule has 2 rings (SSSR count). The van der Waals surface area contributed by atoms with Crippen LogP contribution in [-0.4, -0.2) is 10.5 Å². The summed E-state index contributed by atoms with van der Waals surface area (Å²) in [5.41, 5.74) is 5.07. The molecule has 1 fully saturated rings. The van der Waals surface area contributed by atoms with Gasteiger partial charge in [0.25, 0.3) is 0 Å². The van der Waals surface area contributed by atoms with Crippen molar-refractivity contribution in [1.82, 2.24) is 0 Å². The van der Waals surface area contributed by atoms with Gasteiger partial charge in [0, 0.05) is 16.8 Å². The molecule has 1 aliphatic carbocycles. The molecular weight excluding hydrogens is 273 g/mol. The maximum atomic E-state index is 12.8. The molecule has 19 heavy (non-hydrogen) atoms. The van der Waals surface area contributed by atoms with Gasteiger partial charge in [-0.2, -0.15) is 13.2 Å². The number of hydrogen-bond donors (Lipinski definition) is 2. The van der Waals surface area contributed by atoms with Gasteiger partial charge < -0.3 is 11.1 Å². The summed E-state index contributed by atoms with van der Waals surface area (Å²) in [4.78, 5) is -0.241. The lowest BCUT2D eigenvalue weighted by molar-refractivity contribution is -0.137. The Balaban J connectivity index is 2.34. The highest BCUT2D eigenvalue weighted by atomic mass is 32.1. The minimum atomic E-state index is -4.45. The largest absolute Gasteiger partial charge is 0.417 e. The van der Waals surface area contributed by atoms with Gasteiger partial charge in [0.05, 0.1) is 5.56 Å². The minimum absolute atomic E-state index is 0.0345. The lowest BCUT2D eigenvalue weighted by atomic mass is 9.78. The number of nitrogens with two attached hydrogens (primary N) is 1. The quantitative estimate of drug-likeness (QED) is 0.833. The molecular formula is C13H15F3N2S. The van der Waals surface area contributed by atoms with E-state index in [9.17, 15) is 13.2 Å². The van der Waals surface area contributed by atoms with Crippen LogP contribution in [0.5, 0.6) is 0 Å². The average molecular weight is 288 g/mol. The minimum Gasteiger partial charge on any atom is -0.389 e. The highest BCUT2D eigenvalue weighted by molar-refractivity contribution is 7.80. The maximum Gasteiger partial charge on any atom is 0.417 e. The Kier molecular flexibility index (Phi) is 3.47. The Hall–Kier alpha value is -1.30. The van der Waals surface area contributed by atoms with Crippen LogP contribution in [0, 0.1) is 0 Å². The number of anilines is 1. The van der Waals surface area contributed by atoms with Crippen molar-refractivity contribution in [1.29, 1.82) is 0 Å². The summed E-state index contributed by atoms with van der Waals surface area (Å²) < 4.78 is 38.5. The molecule has 3 N–H and O–H groups in total. The summed E-state index contributed by atoms with van der Waals surface area (Å²) in [6.45, 7) is 2.05. The first-order valence-corrected chi connectivity index (χ1v) is 6.41. The monoisotopic (exact) mass is 288 g/mol. The fourth-order valence-corrected chi connectivity index (χ4v) is 2.42. The van der Waals surface area contributed by atoms with E-state index in [2.05, 4.69) is 12.2 Å². The first-order valence-electron chi connectivity index (χ1n) is 6.00. The van der Waals surface area contributed by atoms with Crippen LogP contribution in [-0.2, 0) is 6.18 Å². The third-order valence-corrected chi connectivity index (χ3v) is 3.71. The zero-order valence-electron chi connectivity index (χ0n) is 10.5. The van der Waals surface area contributed by atoms with E-state index in [1.165, 1.54) is 12.1 Å². The summed E-state index contributed by atoms with van der Waals surface area (Å²) in [6, 6.07) is 3.84. The van der Waals surface area contributed by atoms with E-state index in [0.29, 0.717) is 5.69 Å². The summed E-state index contributed by atoms with van der Waals surface area (Å²) in [6.07, 6.45) is -1.29. The van der Waals surface area contributed by atoms with Crippen molar-refractivity contribution in [3.63, 3.8) is 0 Å². The standard InChI is InChI=1S/C13H15F3N2S/c1-12(5-2-6-12)18-8-3-4-10(13(14,15)16)9(7-8)11(17)19/h3-4,7,18H,2,5-6H2,1H3,(H2,17,19). The van der Waals surface area contributed by atoms with Crippen LogP contribution in [0.4, 0.5) is 18.9 Å². The zero-order chi connectivity index (χ0) is 14.3. The third-order valence-electron chi connectivity index (χ3n) is 3.49. The lowest BCUT2D eigenvalue weighted by Gasteiger charge is -2.40. The lowest BCUT2D eigenvalue weighted by Crippen LogP contribution is -2.41. The summed E-state index contributed by atoms with van der Waals surface area (Å²) >= 11 is 4.71. The van der Waals surface area contributed by atoms with E-state index in [-0.39, 0.29) is 16.1 Å². The van der Waals surface area contributed by atoms with E-state index in [0.717, 1.165) is 25.3 Å². The highest BCUT2D eigenvalue weighted by Crippen LogP contribution is 2.37. The Morgan fingerprint density at radius 2 is 2.00 bits per heavy atom. The van der Waals surface area contributed by atoms with Crippen LogP contribution in [0.15, 0.2) is 18.2 Å². The van der Waals surface area contributed by atoms with Crippen LogP contribution in [0.3, 0.4) is 0 Å². The molecule has 0 amide bonds. The summed E-state index contributed by atoms with van der Waals surface area (Å²) in [5.74, 6) is 0. The van der Waals surface area contributed by atoms with Gasteiger partial charge in [-0.3, -0.25) is 0 Å². The molecule has 1 aromatic carbocycles. The van der Waals surface area contributed by atoms with Crippen molar-refractivity contribution in [3.8, 4) is 0 Å². The van der Waals surface area contributed by atoms with Crippen LogP contribution in [0.25, 0.3) is 0 Å². The molecule has 0 spiro atoms. The average Bonchev–Trinajstić information content (AvgIpc) is 2.25. The molecule has 1 aromatic rings. The molecule has 1 aliphatic rings. The molecule has 6 heteroatoms. The smallest absolute Gasteiger partial charge is 0.389 e. The molecule has 0 saturated heterocycles. The molecule has 0 aromatic heterocycles. The Bertz CT molecular complexity index is 507. The second kappa shape index (κ2) is 4.67. The maximum absolute atomic E-state index is 12.8. The van der Waals surface area contributed by atoms with Gasteiger partial charge in [-0.15, -0.1) is 0 Å². The summed E-state index contributed by atoms with van der Waals surface area (Å²) in [7, 11) is 0. The molecule has 104 valence electrons. The van der Waals surface area contributed by atoms with Gasteiger partial charge in [0.15, 0.2) is 0 Å². The SMILES string of the molecule is CC1(Nc2ccc(C(F)(F)F)c(C(N)=S)c2)CCC1. The topological polar surface area (TPSA) is 38.0 Å². The van der Waals surface area contributed by atoms with Crippen molar-refractivity contribution < 1.29 is 13.2 Å². The fourth-order valence-electron chi connectivity index (χ4n) is 2.25. The van der Waals surface area contributed by atoms with Crippen molar-refractivity contribution in [3.05, 3.63) is 29.3 Å². The molecule has 0 bridgehead atoms. The number of hydrogen-bond acceptors (Lipinski definition) is 2. The number of halogens is 3. The van der Waals surface area contributed by atoms with Gasteiger partial charge in [0.1, 0.15) is 4.99 Å². The van der Waals surface area contributed by atoms with E-state index < -0.39 is 11.7 Å². The number of thiocarbonyl (C=S) groups is 1. The van der Waals surface area contributed by atoms with E-state index in [1.54, 1.807) is 0 Å². The van der Waals surface area contributed by atoms with Crippen LogP contribution in [0.2, 0.25) is 0 Å². The van der Waals surface area contributed by atoms with E-state index in [4.69, 9.17) is 18.0 Å². The van der Waals surface area contributed by atoms with Crippen molar-refractivity contribution >= 4 is 22.9 Å². The molecule has 1 saturated carbocycles. The normalized spacial score (nSPS) is 17.7. The Morgan fingerprint density at radius 3 is 2.42 bits per heavy atom. The van der Waals surface area contributed by atoms with Gasteiger partial charge >= 0.3 is 6.18 Å². The van der Waals surface area contributed by atoms with Crippen LogP contribution >= 0.6 is 12.2 Å². The molecule has 0 atom stereocenters. The number of rotatable bonds is 3. The third kappa shape index (κ3) is 3.00. The predicted molar refractivity (Wildman–Crippen MR) is 73.2 cm³/mol. The first kappa shape index (κ1) is 14.1. The molecule has 0 aliphatic heterocycles. The number of nitrogens with one attached hydrogen (secondary N) is 1. The predicted octanol–water partition coefficient (Wildman–Crippen LogP) is 3.69. The molecule has 0 radical (unpaired) electrons. The van der Waals surface area contributed by atoms with Gasteiger partial charge in [0.2, 0.25) is 0 Å². The van der Waals surface area contributed by atoms with E-state index in [1.807, 2.05) is 0 Å². The van der Waals surface area contributed by atoms with Crippen molar-refractivity contribution in [2.24, 2.45) is 5.73 Å². The second-order valence-electron chi connectivity index (χ2n) is 5.16. The van der Waals surface area contributed by atoms with Crippen LogP contribution in [0.1, 0.15) is 37.3 Å². The number of alkyl halides is 3. The van der Waals surface area contributed by atoms with Gasteiger partial charge in [-0.25, -0.2) is 0 Å². The highest BCUT2D eigenvalue weighted by Gasteiger charge is 2.35. The zero-order valence-corrected chi connectivity index (χ0v) is 11.3. The fraction of sp³-hybridized carbons (Fsp3) is 0.462. The molecule has 2 nitrogen and oxygen atoms in total. The van der Waals surface area contributed by atoms with Crippen molar-refractivity contribution in [2.45, 2.75) is 37.9 Å². The molecule has 0 unspecified atom stereocenters.